The molecule has 0 aromatic rings. The maximum Gasteiger partial charge on any atom is 0.160 e. The number of nitrogens with zero attached hydrogens (tertiary/aromatic N) is 1. The van der Waals surface area contributed by atoms with E-state index in [1.165, 1.54) is 25.7 Å². The van der Waals surface area contributed by atoms with Gasteiger partial charge in [0.2, 0.25) is 0 Å². The topological polar surface area (TPSA) is 38.5 Å². The molecular formula is C11H18N2O. The average molecular weight is 194 g/mol. The van der Waals surface area contributed by atoms with E-state index >= 15 is 0 Å². The van der Waals surface area contributed by atoms with Gasteiger partial charge in [-0.1, -0.05) is 0 Å². The fourth-order valence-electron chi connectivity index (χ4n) is 3.40. The van der Waals surface area contributed by atoms with Crippen molar-refractivity contribution in [2.45, 2.75) is 43.7 Å². The van der Waals surface area contributed by atoms with E-state index in [9.17, 15) is 0 Å². The molecule has 0 aromatic heterocycles. The van der Waals surface area contributed by atoms with Crippen LogP contribution in [0.5, 0.6) is 0 Å². The molecule has 4 rings (SSSR count). The lowest BCUT2D eigenvalue weighted by Crippen LogP contribution is -2.58. The zero-order chi connectivity index (χ0) is 9.60. The van der Waals surface area contributed by atoms with Crippen molar-refractivity contribution >= 4 is 0 Å². The highest BCUT2D eigenvalue weighted by Gasteiger charge is 2.47. The Hall–Kier alpha value is -0.700. The van der Waals surface area contributed by atoms with Crippen LogP contribution in [0.15, 0.2) is 12.5 Å². The van der Waals surface area contributed by atoms with Crippen LogP contribution in [0.25, 0.3) is 0 Å². The Balaban J connectivity index is 1.84. The Labute approximate surface area is 84.9 Å². The summed E-state index contributed by atoms with van der Waals surface area (Å²) in [4.78, 5) is 2.36. The second kappa shape index (κ2) is 2.89. The van der Waals surface area contributed by atoms with Gasteiger partial charge in [0.05, 0.1) is 0 Å². The summed E-state index contributed by atoms with van der Waals surface area (Å²) in [6.07, 6.45) is 10.3. The first-order chi connectivity index (χ1) is 6.80. The van der Waals surface area contributed by atoms with Gasteiger partial charge in [0, 0.05) is 17.8 Å². The highest BCUT2D eigenvalue weighted by atomic mass is 16.5. The van der Waals surface area contributed by atoms with E-state index < -0.39 is 0 Å². The second-order valence-corrected chi connectivity index (χ2v) is 4.98. The fraction of sp³-hybridized carbons (Fsp3) is 0.818. The highest BCUT2D eigenvalue weighted by Crippen LogP contribution is 2.47. The minimum atomic E-state index is 0.334. The molecule has 14 heavy (non-hydrogen) atoms. The Morgan fingerprint density at radius 2 is 2.14 bits per heavy atom. The van der Waals surface area contributed by atoms with Crippen molar-refractivity contribution in [3.63, 3.8) is 0 Å². The lowest BCUT2D eigenvalue weighted by Gasteiger charge is -2.53. The molecule has 1 aliphatic heterocycles. The van der Waals surface area contributed by atoms with Gasteiger partial charge in [-0.2, -0.15) is 0 Å². The van der Waals surface area contributed by atoms with E-state index in [4.69, 9.17) is 10.5 Å². The molecule has 3 fully saturated rings. The molecule has 78 valence electrons. The third-order valence-corrected chi connectivity index (χ3v) is 4.34. The number of hydrogen-bond donors (Lipinski definition) is 1. The molecule has 3 saturated carbocycles. The van der Waals surface area contributed by atoms with Gasteiger partial charge in [-0.25, -0.2) is 0 Å². The normalized spacial score (nSPS) is 45.6. The Bertz CT molecular complexity index is 256. The number of hydrogen-bond acceptors (Lipinski definition) is 3. The van der Waals surface area contributed by atoms with Crippen LogP contribution in [0.2, 0.25) is 0 Å². The molecule has 0 saturated heterocycles. The monoisotopic (exact) mass is 194 g/mol. The van der Waals surface area contributed by atoms with E-state index in [-0.39, 0.29) is 0 Å². The zero-order valence-electron chi connectivity index (χ0n) is 8.48. The van der Waals surface area contributed by atoms with Gasteiger partial charge >= 0.3 is 0 Å². The van der Waals surface area contributed by atoms with Gasteiger partial charge in [0.15, 0.2) is 6.73 Å². The van der Waals surface area contributed by atoms with Crippen LogP contribution >= 0.6 is 0 Å². The van der Waals surface area contributed by atoms with Gasteiger partial charge in [-0.05, 0) is 38.0 Å². The van der Waals surface area contributed by atoms with Crippen molar-refractivity contribution in [2.75, 3.05) is 6.73 Å². The van der Waals surface area contributed by atoms with Crippen LogP contribution in [-0.4, -0.2) is 23.2 Å². The van der Waals surface area contributed by atoms with Crippen molar-refractivity contribution in [3.8, 4) is 0 Å². The van der Waals surface area contributed by atoms with Crippen molar-refractivity contribution in [1.82, 2.24) is 4.90 Å². The molecule has 0 radical (unpaired) electrons. The third kappa shape index (κ3) is 1.08. The van der Waals surface area contributed by atoms with E-state index in [2.05, 4.69) is 11.1 Å². The van der Waals surface area contributed by atoms with E-state index in [0.29, 0.717) is 11.6 Å². The number of rotatable bonds is 1. The van der Waals surface area contributed by atoms with Gasteiger partial charge in [-0.3, -0.25) is 0 Å². The van der Waals surface area contributed by atoms with Crippen LogP contribution in [0.3, 0.4) is 0 Å². The Morgan fingerprint density at radius 3 is 2.71 bits per heavy atom. The summed E-state index contributed by atoms with van der Waals surface area (Å²) < 4.78 is 5.29. The molecule has 1 unspecified atom stereocenters. The molecule has 3 nitrogen and oxygen atoms in total. The van der Waals surface area contributed by atoms with Crippen LogP contribution in [0.4, 0.5) is 0 Å². The minimum absolute atomic E-state index is 0.334. The van der Waals surface area contributed by atoms with Crippen molar-refractivity contribution in [3.05, 3.63) is 12.5 Å². The Kier molecular flexibility index (Phi) is 1.78. The summed E-state index contributed by atoms with van der Waals surface area (Å²) in [6, 6.07) is 0.423. The molecule has 0 spiro atoms. The molecule has 2 bridgehead atoms. The lowest BCUT2D eigenvalue weighted by atomic mass is 9.63. The van der Waals surface area contributed by atoms with Gasteiger partial charge in [0.1, 0.15) is 6.26 Å². The molecule has 1 heterocycles. The van der Waals surface area contributed by atoms with E-state index in [1.807, 2.05) is 0 Å². The zero-order valence-corrected chi connectivity index (χ0v) is 8.48. The quantitative estimate of drug-likeness (QED) is 0.686. The van der Waals surface area contributed by atoms with E-state index in [1.54, 1.807) is 6.26 Å². The standard InChI is InChI=1S/C11H18N2O/c12-10-7-11(13-5-6-14-8-13)3-1-9(10)2-4-11/h5-6,9-10H,1-4,7-8,12H2. The molecule has 0 aromatic carbocycles. The van der Waals surface area contributed by atoms with Crippen LogP contribution < -0.4 is 5.73 Å². The molecule has 3 aliphatic carbocycles. The summed E-state index contributed by atoms with van der Waals surface area (Å²) in [5.41, 5.74) is 6.52. The summed E-state index contributed by atoms with van der Waals surface area (Å²) in [5, 5.41) is 0. The van der Waals surface area contributed by atoms with Crippen LogP contribution in [0.1, 0.15) is 32.1 Å². The smallest absolute Gasteiger partial charge is 0.160 e. The number of nitrogens with two attached hydrogens (primary N) is 1. The molecular weight excluding hydrogens is 176 g/mol. The number of ether oxygens (including phenoxy) is 1. The first kappa shape index (κ1) is 8.60. The van der Waals surface area contributed by atoms with Crippen molar-refractivity contribution in [1.29, 1.82) is 0 Å². The number of fused-ring (bicyclic) bond motifs is 3. The molecule has 2 N–H and O–H groups in total. The maximum atomic E-state index is 6.18. The average Bonchev–Trinajstić information content (AvgIpc) is 2.72. The van der Waals surface area contributed by atoms with Crippen molar-refractivity contribution < 1.29 is 4.74 Å². The predicted octanol–water partition coefficient (Wildman–Crippen LogP) is 1.41. The first-order valence-corrected chi connectivity index (χ1v) is 5.61. The third-order valence-electron chi connectivity index (χ3n) is 4.34. The summed E-state index contributed by atoms with van der Waals surface area (Å²) in [7, 11) is 0. The van der Waals surface area contributed by atoms with Crippen LogP contribution in [0, 0.1) is 5.92 Å². The summed E-state index contributed by atoms with van der Waals surface area (Å²) >= 11 is 0. The Morgan fingerprint density at radius 1 is 1.36 bits per heavy atom. The largest absolute Gasteiger partial charge is 0.479 e. The second-order valence-electron chi connectivity index (χ2n) is 4.98. The molecule has 3 heteroatoms. The fourth-order valence-corrected chi connectivity index (χ4v) is 3.40. The van der Waals surface area contributed by atoms with Gasteiger partial charge < -0.3 is 15.4 Å². The SMILES string of the molecule is NC1CC2(N3C=COC3)CCC1CC2. The predicted molar refractivity (Wildman–Crippen MR) is 54.2 cm³/mol. The maximum absolute atomic E-state index is 6.18. The highest BCUT2D eigenvalue weighted by molar-refractivity contribution is 5.07. The van der Waals surface area contributed by atoms with Crippen LogP contribution in [-0.2, 0) is 4.74 Å². The molecule has 1 atom stereocenters. The van der Waals surface area contributed by atoms with Gasteiger partial charge in [0.25, 0.3) is 0 Å². The lowest BCUT2D eigenvalue weighted by molar-refractivity contribution is -0.0197. The first-order valence-electron chi connectivity index (χ1n) is 5.61. The minimum Gasteiger partial charge on any atom is -0.479 e. The van der Waals surface area contributed by atoms with Crippen molar-refractivity contribution in [2.24, 2.45) is 11.7 Å². The molecule has 4 aliphatic rings. The summed E-state index contributed by atoms with van der Waals surface area (Å²) in [6.45, 7) is 0.734. The van der Waals surface area contributed by atoms with Gasteiger partial charge in [-0.15, -0.1) is 0 Å². The molecule has 0 amide bonds. The summed E-state index contributed by atoms with van der Waals surface area (Å²) in [5.74, 6) is 0.796. The van der Waals surface area contributed by atoms with E-state index in [0.717, 1.165) is 19.1 Å².